The SMILES string of the molecule is COc1ccc(C(F)(F)F)cc1NC(=O)CN1C(=O)S/C(=C\c2cn(Cc3cccc4ccccc34)c3ccccc23)C1=O. The van der Waals surface area contributed by atoms with Crippen molar-refractivity contribution in [3.05, 3.63) is 113 Å². The molecule has 0 unspecified atom stereocenters. The molecule has 2 heterocycles. The van der Waals surface area contributed by atoms with Gasteiger partial charge in [-0.1, -0.05) is 60.7 Å². The van der Waals surface area contributed by atoms with Crippen LogP contribution in [0.2, 0.25) is 0 Å². The Morgan fingerprint density at radius 1 is 0.955 bits per heavy atom. The number of ether oxygens (including phenoxy) is 1. The molecule has 11 heteroatoms. The van der Waals surface area contributed by atoms with Crippen LogP contribution in [0.5, 0.6) is 5.75 Å². The first-order valence-electron chi connectivity index (χ1n) is 13.5. The molecule has 3 amide bonds. The van der Waals surface area contributed by atoms with E-state index in [0.717, 1.165) is 55.9 Å². The van der Waals surface area contributed by atoms with E-state index < -0.39 is 35.3 Å². The average Bonchev–Trinajstić information content (AvgIpc) is 3.48. The molecule has 7 nitrogen and oxygen atoms in total. The molecule has 1 aromatic heterocycles. The summed E-state index contributed by atoms with van der Waals surface area (Å²) in [5, 5.41) is 4.82. The van der Waals surface area contributed by atoms with Crippen LogP contribution in [0, 0.1) is 0 Å². The summed E-state index contributed by atoms with van der Waals surface area (Å²) in [6.07, 6.45) is -1.09. The average molecular weight is 616 g/mol. The highest BCUT2D eigenvalue weighted by Crippen LogP contribution is 2.36. The van der Waals surface area contributed by atoms with Crippen molar-refractivity contribution in [3.8, 4) is 5.75 Å². The predicted molar refractivity (Wildman–Crippen MR) is 164 cm³/mol. The van der Waals surface area contributed by atoms with Crippen LogP contribution >= 0.6 is 11.8 Å². The third-order valence-electron chi connectivity index (χ3n) is 7.30. The number of para-hydroxylation sites is 1. The van der Waals surface area contributed by atoms with Crippen LogP contribution in [0.15, 0.2) is 96.0 Å². The van der Waals surface area contributed by atoms with Crippen molar-refractivity contribution in [2.45, 2.75) is 12.7 Å². The summed E-state index contributed by atoms with van der Waals surface area (Å²) in [4.78, 5) is 39.7. The summed E-state index contributed by atoms with van der Waals surface area (Å²) < 4.78 is 46.8. The number of halogens is 3. The monoisotopic (exact) mass is 615 g/mol. The fourth-order valence-corrected chi connectivity index (χ4v) is 6.06. The van der Waals surface area contributed by atoms with Crippen LogP contribution in [0.25, 0.3) is 27.8 Å². The minimum absolute atomic E-state index is 0.000255. The molecule has 1 N–H and O–H groups in total. The van der Waals surface area contributed by atoms with E-state index in [1.54, 1.807) is 6.08 Å². The van der Waals surface area contributed by atoms with Crippen LogP contribution in [0.4, 0.5) is 23.7 Å². The van der Waals surface area contributed by atoms with Gasteiger partial charge < -0.3 is 14.6 Å². The molecule has 1 aliphatic rings. The molecule has 0 atom stereocenters. The molecule has 0 saturated carbocycles. The number of benzene rings is 4. The van der Waals surface area contributed by atoms with Gasteiger partial charge in [0.1, 0.15) is 12.3 Å². The van der Waals surface area contributed by atoms with Crippen molar-refractivity contribution in [1.29, 1.82) is 0 Å². The molecule has 0 spiro atoms. The maximum Gasteiger partial charge on any atom is 0.416 e. The number of imide groups is 1. The number of nitrogens with one attached hydrogen (secondary N) is 1. The van der Waals surface area contributed by atoms with Gasteiger partial charge in [-0.15, -0.1) is 0 Å². The van der Waals surface area contributed by atoms with Crippen LogP contribution in [0.1, 0.15) is 16.7 Å². The summed E-state index contributed by atoms with van der Waals surface area (Å²) in [5.74, 6) is -1.52. The molecule has 222 valence electrons. The maximum absolute atomic E-state index is 13.3. The Balaban J connectivity index is 1.24. The minimum Gasteiger partial charge on any atom is -0.495 e. The standard InChI is InChI=1S/C33H24F3N3O4S/c1-43-28-14-13-23(33(34,35)36)16-26(28)37-30(40)19-39-31(41)29(44-32(39)42)15-22-18-38(27-12-5-4-11-25(22)27)17-21-9-6-8-20-7-2-3-10-24(20)21/h2-16,18H,17,19H2,1H3,(H,37,40)/b29-15-. The number of alkyl halides is 3. The van der Waals surface area contributed by atoms with E-state index in [1.165, 1.54) is 7.11 Å². The number of aromatic nitrogens is 1. The molecule has 44 heavy (non-hydrogen) atoms. The maximum atomic E-state index is 13.3. The van der Waals surface area contributed by atoms with Crippen molar-refractivity contribution in [2.75, 3.05) is 19.0 Å². The lowest BCUT2D eigenvalue weighted by molar-refractivity contribution is -0.137. The zero-order chi connectivity index (χ0) is 31.0. The summed E-state index contributed by atoms with van der Waals surface area (Å²) in [6, 6.07) is 24.6. The van der Waals surface area contributed by atoms with Gasteiger partial charge in [-0.05, 0) is 58.4 Å². The third-order valence-corrected chi connectivity index (χ3v) is 8.21. The fourth-order valence-electron chi connectivity index (χ4n) is 5.23. The van der Waals surface area contributed by atoms with Crippen LogP contribution in [-0.4, -0.2) is 40.2 Å². The normalized spacial score (nSPS) is 14.6. The quantitative estimate of drug-likeness (QED) is 0.191. The Kier molecular flexibility index (Phi) is 7.64. The number of thioether (sulfide) groups is 1. The molecule has 1 aliphatic heterocycles. The molecule has 4 aromatic carbocycles. The van der Waals surface area contributed by atoms with E-state index in [0.29, 0.717) is 18.3 Å². The van der Waals surface area contributed by atoms with Gasteiger partial charge >= 0.3 is 6.18 Å². The number of carbonyl (C=O) groups is 3. The molecular formula is C33H24F3N3O4S. The zero-order valence-corrected chi connectivity index (χ0v) is 24.0. The van der Waals surface area contributed by atoms with Crippen molar-refractivity contribution in [1.82, 2.24) is 9.47 Å². The van der Waals surface area contributed by atoms with Gasteiger partial charge in [-0.3, -0.25) is 19.3 Å². The van der Waals surface area contributed by atoms with E-state index in [1.807, 2.05) is 48.7 Å². The number of carbonyl (C=O) groups excluding carboxylic acids is 3. The first-order valence-corrected chi connectivity index (χ1v) is 14.3. The van der Waals surface area contributed by atoms with Crippen molar-refractivity contribution in [3.63, 3.8) is 0 Å². The lowest BCUT2D eigenvalue weighted by atomic mass is 10.0. The van der Waals surface area contributed by atoms with Crippen LogP contribution in [-0.2, 0) is 22.3 Å². The summed E-state index contributed by atoms with van der Waals surface area (Å²) in [6.45, 7) is -0.0966. The number of fused-ring (bicyclic) bond motifs is 2. The summed E-state index contributed by atoms with van der Waals surface area (Å²) in [5.41, 5.74) is 1.58. The van der Waals surface area contributed by atoms with Crippen molar-refractivity contribution >= 4 is 62.3 Å². The van der Waals surface area contributed by atoms with E-state index in [9.17, 15) is 27.6 Å². The second-order valence-electron chi connectivity index (χ2n) is 10.1. The number of hydrogen-bond donors (Lipinski definition) is 1. The van der Waals surface area contributed by atoms with E-state index in [4.69, 9.17) is 4.74 Å². The molecule has 6 rings (SSSR count). The largest absolute Gasteiger partial charge is 0.495 e. The number of methoxy groups -OCH3 is 1. The van der Waals surface area contributed by atoms with Gasteiger partial charge in [0.2, 0.25) is 5.91 Å². The van der Waals surface area contributed by atoms with Gasteiger partial charge in [0.25, 0.3) is 11.1 Å². The first kappa shape index (κ1) is 29.1. The van der Waals surface area contributed by atoms with Gasteiger partial charge in [0.05, 0.1) is 23.3 Å². The summed E-state index contributed by atoms with van der Waals surface area (Å²) in [7, 11) is 1.25. The Morgan fingerprint density at radius 2 is 1.68 bits per heavy atom. The van der Waals surface area contributed by atoms with Crippen LogP contribution in [0.3, 0.4) is 0 Å². The number of amides is 3. The first-order chi connectivity index (χ1) is 21.1. The minimum atomic E-state index is -4.64. The number of hydrogen-bond acceptors (Lipinski definition) is 5. The van der Waals surface area contributed by atoms with Gasteiger partial charge in [0.15, 0.2) is 0 Å². The Hall–Kier alpha value is -5.03. The zero-order valence-electron chi connectivity index (χ0n) is 23.2. The Labute approximate surface area is 253 Å². The lowest BCUT2D eigenvalue weighted by Crippen LogP contribution is -2.36. The second kappa shape index (κ2) is 11.6. The molecular weight excluding hydrogens is 591 g/mol. The van der Waals surface area contributed by atoms with E-state index >= 15 is 0 Å². The van der Waals surface area contributed by atoms with E-state index in [2.05, 4.69) is 34.1 Å². The van der Waals surface area contributed by atoms with Gasteiger partial charge in [-0.25, -0.2) is 0 Å². The molecule has 0 radical (unpaired) electrons. The second-order valence-corrected chi connectivity index (χ2v) is 11.1. The topological polar surface area (TPSA) is 80.6 Å². The summed E-state index contributed by atoms with van der Waals surface area (Å²) >= 11 is 0.698. The predicted octanol–water partition coefficient (Wildman–Crippen LogP) is 7.55. The fraction of sp³-hybridized carbons (Fsp3) is 0.121. The van der Waals surface area contributed by atoms with Crippen LogP contribution < -0.4 is 10.1 Å². The number of anilines is 1. The molecule has 1 saturated heterocycles. The Morgan fingerprint density at radius 3 is 2.45 bits per heavy atom. The Bertz CT molecular complexity index is 1980. The van der Waals surface area contributed by atoms with Crippen molar-refractivity contribution in [2.24, 2.45) is 0 Å². The highest BCUT2D eigenvalue weighted by Gasteiger charge is 2.37. The number of rotatable bonds is 7. The molecule has 0 bridgehead atoms. The van der Waals surface area contributed by atoms with Crippen molar-refractivity contribution < 1.29 is 32.3 Å². The third kappa shape index (κ3) is 5.66. The molecule has 1 fully saturated rings. The van der Waals surface area contributed by atoms with Gasteiger partial charge in [0, 0.05) is 29.2 Å². The molecule has 0 aliphatic carbocycles. The number of nitrogens with zero attached hydrogens (tertiary/aromatic N) is 2. The van der Waals surface area contributed by atoms with Gasteiger partial charge in [-0.2, -0.15) is 13.2 Å². The lowest BCUT2D eigenvalue weighted by Gasteiger charge is -2.16. The molecule has 5 aromatic rings. The van der Waals surface area contributed by atoms with E-state index in [-0.39, 0.29) is 16.3 Å². The highest BCUT2D eigenvalue weighted by atomic mass is 32.2. The highest BCUT2D eigenvalue weighted by molar-refractivity contribution is 8.18. The smallest absolute Gasteiger partial charge is 0.416 e.